The minimum atomic E-state index is -0.669. The van der Waals surface area contributed by atoms with Crippen LogP contribution in [-0.4, -0.2) is 44.1 Å². The van der Waals surface area contributed by atoms with Crippen LogP contribution >= 0.6 is 0 Å². The number of carbonyl (C=O) groups excluding carboxylic acids is 2. The van der Waals surface area contributed by atoms with Gasteiger partial charge in [-0.2, -0.15) is 0 Å². The van der Waals surface area contributed by atoms with Gasteiger partial charge < -0.3 is 19.7 Å². The molecule has 27 heavy (non-hydrogen) atoms. The summed E-state index contributed by atoms with van der Waals surface area (Å²) in [5.41, 5.74) is 3.45. The summed E-state index contributed by atoms with van der Waals surface area (Å²) in [6, 6.07) is 14.8. The number of benzene rings is 2. The smallest absolute Gasteiger partial charge is 0.319 e. The second-order valence-electron chi connectivity index (χ2n) is 6.42. The van der Waals surface area contributed by atoms with Gasteiger partial charge in [0.15, 0.2) is 0 Å². The molecule has 1 atom stereocenters. The van der Waals surface area contributed by atoms with Gasteiger partial charge in [-0.3, -0.25) is 9.59 Å². The third-order valence-corrected chi connectivity index (χ3v) is 5.00. The van der Waals surface area contributed by atoms with Crippen LogP contribution in [0, 0.1) is 0 Å². The fourth-order valence-electron chi connectivity index (χ4n) is 3.77. The molecular formula is C21H20N2O4. The number of ether oxygens (including phenoxy) is 2. The van der Waals surface area contributed by atoms with Crippen LogP contribution in [-0.2, 0) is 9.53 Å². The number of nitrogens with one attached hydrogen (secondary N) is 1. The minimum absolute atomic E-state index is 0.0948. The van der Waals surface area contributed by atoms with E-state index in [0.717, 1.165) is 11.3 Å². The van der Waals surface area contributed by atoms with E-state index < -0.39 is 5.92 Å². The zero-order chi connectivity index (χ0) is 19.0. The summed E-state index contributed by atoms with van der Waals surface area (Å²) in [6.45, 7) is 1.08. The maximum absolute atomic E-state index is 13.1. The third-order valence-electron chi connectivity index (χ3n) is 5.00. The molecule has 0 aliphatic carbocycles. The Hall–Kier alpha value is -3.28. The van der Waals surface area contributed by atoms with E-state index >= 15 is 0 Å². The average molecular weight is 364 g/mol. The van der Waals surface area contributed by atoms with Crippen LogP contribution in [0.25, 0.3) is 5.70 Å². The van der Waals surface area contributed by atoms with Crippen LogP contribution in [0.2, 0.25) is 0 Å². The van der Waals surface area contributed by atoms with Crippen LogP contribution in [0.5, 0.6) is 5.75 Å². The van der Waals surface area contributed by atoms with E-state index in [0.29, 0.717) is 35.7 Å². The van der Waals surface area contributed by atoms with Gasteiger partial charge in [-0.15, -0.1) is 0 Å². The molecule has 138 valence electrons. The molecule has 2 aliphatic rings. The number of hydrogen-bond donors (Lipinski definition) is 1. The van der Waals surface area contributed by atoms with Crippen molar-refractivity contribution < 1.29 is 19.1 Å². The van der Waals surface area contributed by atoms with E-state index in [9.17, 15) is 9.59 Å². The summed E-state index contributed by atoms with van der Waals surface area (Å²) >= 11 is 0. The second-order valence-corrected chi connectivity index (χ2v) is 6.42. The fraction of sp³-hybridized carbons (Fsp3) is 0.238. The highest BCUT2D eigenvalue weighted by molar-refractivity contribution is 6.04. The molecule has 1 unspecified atom stereocenters. The molecule has 6 heteroatoms. The normalized spacial score (nSPS) is 18.4. The molecular weight excluding hydrogens is 344 g/mol. The van der Waals surface area contributed by atoms with Gasteiger partial charge in [0.25, 0.3) is 5.91 Å². The first-order chi connectivity index (χ1) is 13.2. The number of carbonyl (C=O) groups is 2. The molecule has 0 saturated carbocycles. The first kappa shape index (κ1) is 17.1. The topological polar surface area (TPSA) is 67.9 Å². The largest absolute Gasteiger partial charge is 0.497 e. The van der Waals surface area contributed by atoms with E-state index in [-0.39, 0.29) is 11.9 Å². The Bertz CT molecular complexity index is 951. The Morgan fingerprint density at radius 2 is 1.96 bits per heavy atom. The minimum Gasteiger partial charge on any atom is -0.497 e. The number of amides is 1. The molecule has 0 spiro atoms. The number of fused-ring (bicyclic) bond motifs is 2. The zero-order valence-corrected chi connectivity index (χ0v) is 15.2. The van der Waals surface area contributed by atoms with E-state index in [4.69, 9.17) is 9.47 Å². The molecule has 1 amide bonds. The summed E-state index contributed by atoms with van der Waals surface area (Å²) in [4.78, 5) is 27.5. The maximum Gasteiger partial charge on any atom is 0.319 e. The highest BCUT2D eigenvalue weighted by atomic mass is 16.5. The molecule has 4 rings (SSSR count). The van der Waals surface area contributed by atoms with Crippen LogP contribution in [0.1, 0.15) is 27.4 Å². The maximum atomic E-state index is 13.1. The quantitative estimate of drug-likeness (QED) is 0.847. The predicted molar refractivity (Wildman–Crippen MR) is 100 cm³/mol. The second kappa shape index (κ2) is 6.79. The molecule has 2 aliphatic heterocycles. The summed E-state index contributed by atoms with van der Waals surface area (Å²) in [5, 5.41) is 3.37. The standard InChI is InChI=1S/C21H20N2O4/c1-26-14-7-5-6-13(12-14)18-19-17(21(25)27-2)15-8-3-4-9-16(15)20(24)23(19)11-10-22-18/h3-9,12,17,22H,10-11H2,1-2H3. The number of hydrogen-bond acceptors (Lipinski definition) is 5. The molecule has 0 fully saturated rings. The first-order valence-corrected chi connectivity index (χ1v) is 8.76. The van der Waals surface area contributed by atoms with Crippen molar-refractivity contribution in [3.05, 3.63) is 70.9 Å². The number of nitrogens with zero attached hydrogens (tertiary/aromatic N) is 1. The van der Waals surface area contributed by atoms with Gasteiger partial charge in [0.05, 0.1) is 25.6 Å². The van der Waals surface area contributed by atoms with Crippen LogP contribution in [0.15, 0.2) is 54.2 Å². The molecule has 0 radical (unpaired) electrons. The predicted octanol–water partition coefficient (Wildman–Crippen LogP) is 2.38. The molecule has 0 aromatic heterocycles. The van der Waals surface area contributed by atoms with E-state index in [1.54, 1.807) is 18.1 Å². The number of esters is 1. The zero-order valence-electron chi connectivity index (χ0n) is 15.2. The summed E-state index contributed by atoms with van der Waals surface area (Å²) in [7, 11) is 2.98. The lowest BCUT2D eigenvalue weighted by molar-refractivity contribution is -0.141. The Labute approximate surface area is 157 Å². The summed E-state index contributed by atoms with van der Waals surface area (Å²) in [5.74, 6) is -0.448. The van der Waals surface area contributed by atoms with E-state index in [1.165, 1.54) is 7.11 Å². The van der Waals surface area contributed by atoms with Gasteiger partial charge in [-0.05, 0) is 23.8 Å². The number of rotatable bonds is 3. The molecule has 2 heterocycles. The van der Waals surface area contributed by atoms with E-state index in [2.05, 4.69) is 5.32 Å². The van der Waals surface area contributed by atoms with Gasteiger partial charge in [-0.25, -0.2) is 0 Å². The third kappa shape index (κ3) is 2.73. The Morgan fingerprint density at radius 1 is 1.15 bits per heavy atom. The van der Waals surface area contributed by atoms with Gasteiger partial charge in [-0.1, -0.05) is 30.3 Å². The molecule has 0 saturated heterocycles. The van der Waals surface area contributed by atoms with Crippen molar-refractivity contribution in [3.8, 4) is 5.75 Å². The van der Waals surface area contributed by atoms with Gasteiger partial charge in [0, 0.05) is 24.2 Å². The Morgan fingerprint density at radius 3 is 2.74 bits per heavy atom. The fourth-order valence-corrected chi connectivity index (χ4v) is 3.77. The average Bonchev–Trinajstić information content (AvgIpc) is 2.73. The van der Waals surface area contributed by atoms with Crippen molar-refractivity contribution in [1.82, 2.24) is 10.2 Å². The van der Waals surface area contributed by atoms with Crippen molar-refractivity contribution in [1.29, 1.82) is 0 Å². The van der Waals surface area contributed by atoms with Gasteiger partial charge in [0.2, 0.25) is 0 Å². The first-order valence-electron chi connectivity index (χ1n) is 8.76. The van der Waals surface area contributed by atoms with Crippen molar-refractivity contribution in [3.63, 3.8) is 0 Å². The Kier molecular flexibility index (Phi) is 4.32. The van der Waals surface area contributed by atoms with Crippen LogP contribution in [0.4, 0.5) is 0 Å². The number of methoxy groups -OCH3 is 2. The molecule has 2 aromatic rings. The monoisotopic (exact) mass is 364 g/mol. The molecule has 0 bridgehead atoms. The lowest BCUT2D eigenvalue weighted by Gasteiger charge is -2.40. The van der Waals surface area contributed by atoms with Gasteiger partial charge >= 0.3 is 5.97 Å². The molecule has 1 N–H and O–H groups in total. The van der Waals surface area contributed by atoms with Gasteiger partial charge in [0.1, 0.15) is 11.7 Å². The van der Waals surface area contributed by atoms with Crippen LogP contribution in [0.3, 0.4) is 0 Å². The molecule has 6 nitrogen and oxygen atoms in total. The SMILES string of the molecule is COC(=O)C1C2=C(c3cccc(OC)c3)NCCN2C(=O)c2ccccc21. The summed E-state index contributed by atoms with van der Waals surface area (Å²) < 4.78 is 10.4. The highest BCUT2D eigenvalue weighted by Gasteiger charge is 2.43. The summed E-state index contributed by atoms with van der Waals surface area (Å²) in [6.07, 6.45) is 0. The molecule has 2 aromatic carbocycles. The van der Waals surface area contributed by atoms with Crippen LogP contribution < -0.4 is 10.1 Å². The Balaban J connectivity index is 1.98. The lowest BCUT2D eigenvalue weighted by Crippen LogP contribution is -2.48. The lowest BCUT2D eigenvalue weighted by atomic mass is 9.83. The van der Waals surface area contributed by atoms with Crippen molar-refractivity contribution >= 4 is 17.6 Å². The highest BCUT2D eigenvalue weighted by Crippen LogP contribution is 2.41. The van der Waals surface area contributed by atoms with Crippen molar-refractivity contribution in [2.45, 2.75) is 5.92 Å². The van der Waals surface area contributed by atoms with E-state index in [1.807, 2.05) is 42.5 Å². The van der Waals surface area contributed by atoms with Crippen molar-refractivity contribution in [2.75, 3.05) is 27.3 Å². The van der Waals surface area contributed by atoms with Crippen molar-refractivity contribution in [2.24, 2.45) is 0 Å².